The zero-order valence-electron chi connectivity index (χ0n) is 12.2. The molecule has 18 heavy (non-hydrogen) atoms. The Kier molecular flexibility index (Phi) is 6.65. The van der Waals surface area contributed by atoms with Crippen LogP contribution in [0.15, 0.2) is 0 Å². The van der Waals surface area contributed by atoms with Crippen LogP contribution in [0.25, 0.3) is 0 Å². The van der Waals surface area contributed by atoms with Crippen LogP contribution in [0.4, 0.5) is 0 Å². The standard InChI is InChI=1S/C14H29N3O/c1-4-5-16-6-8-17(9-7-16)14(18)13(11-15)10-12(2)3/h12-13H,4-11,15H2,1-3H3. The molecule has 106 valence electrons. The number of carbonyl (C=O) groups is 1. The molecule has 1 aliphatic rings. The smallest absolute Gasteiger partial charge is 0.227 e. The average molecular weight is 255 g/mol. The summed E-state index contributed by atoms with van der Waals surface area (Å²) in [6, 6.07) is 0. The first-order valence-electron chi connectivity index (χ1n) is 7.29. The Morgan fingerprint density at radius 2 is 1.83 bits per heavy atom. The zero-order valence-corrected chi connectivity index (χ0v) is 12.2. The monoisotopic (exact) mass is 255 g/mol. The molecule has 1 rings (SSSR count). The number of amides is 1. The van der Waals surface area contributed by atoms with Crippen molar-refractivity contribution in [2.24, 2.45) is 17.6 Å². The molecule has 1 aliphatic heterocycles. The van der Waals surface area contributed by atoms with Crippen molar-refractivity contribution < 1.29 is 4.79 Å². The molecule has 2 N–H and O–H groups in total. The van der Waals surface area contributed by atoms with E-state index in [1.165, 1.54) is 6.42 Å². The van der Waals surface area contributed by atoms with Gasteiger partial charge < -0.3 is 10.6 Å². The second-order valence-electron chi connectivity index (χ2n) is 5.73. The van der Waals surface area contributed by atoms with Crippen molar-refractivity contribution in [3.05, 3.63) is 0 Å². The van der Waals surface area contributed by atoms with Crippen molar-refractivity contribution in [3.63, 3.8) is 0 Å². The zero-order chi connectivity index (χ0) is 13.5. The lowest BCUT2D eigenvalue weighted by Crippen LogP contribution is -2.51. The van der Waals surface area contributed by atoms with Crippen LogP contribution in [-0.4, -0.2) is 55.0 Å². The SMILES string of the molecule is CCCN1CCN(C(=O)C(CN)CC(C)C)CC1. The van der Waals surface area contributed by atoms with E-state index in [-0.39, 0.29) is 11.8 Å². The summed E-state index contributed by atoms with van der Waals surface area (Å²) in [6.07, 6.45) is 2.09. The van der Waals surface area contributed by atoms with E-state index in [9.17, 15) is 4.79 Å². The van der Waals surface area contributed by atoms with Crippen LogP contribution in [-0.2, 0) is 4.79 Å². The molecule has 0 aromatic rings. The lowest BCUT2D eigenvalue weighted by atomic mass is 9.95. The van der Waals surface area contributed by atoms with Gasteiger partial charge in [-0.1, -0.05) is 20.8 Å². The Bertz CT molecular complexity index is 247. The Hall–Kier alpha value is -0.610. The van der Waals surface area contributed by atoms with Crippen molar-refractivity contribution in [1.29, 1.82) is 0 Å². The number of hydrogen-bond acceptors (Lipinski definition) is 3. The largest absolute Gasteiger partial charge is 0.340 e. The number of carbonyl (C=O) groups excluding carboxylic acids is 1. The quantitative estimate of drug-likeness (QED) is 0.775. The van der Waals surface area contributed by atoms with Crippen LogP contribution >= 0.6 is 0 Å². The molecule has 0 saturated carbocycles. The van der Waals surface area contributed by atoms with E-state index in [1.54, 1.807) is 0 Å². The highest BCUT2D eigenvalue weighted by atomic mass is 16.2. The molecule has 0 radical (unpaired) electrons. The minimum atomic E-state index is 0.0164. The van der Waals surface area contributed by atoms with Crippen LogP contribution < -0.4 is 5.73 Å². The van der Waals surface area contributed by atoms with E-state index in [4.69, 9.17) is 5.73 Å². The molecule has 0 bridgehead atoms. The molecule has 1 saturated heterocycles. The maximum Gasteiger partial charge on any atom is 0.227 e. The number of nitrogens with zero attached hydrogens (tertiary/aromatic N) is 2. The third-order valence-electron chi connectivity index (χ3n) is 3.61. The third kappa shape index (κ3) is 4.58. The van der Waals surface area contributed by atoms with Crippen molar-refractivity contribution in [1.82, 2.24) is 9.80 Å². The van der Waals surface area contributed by atoms with E-state index in [2.05, 4.69) is 25.7 Å². The average Bonchev–Trinajstić information content (AvgIpc) is 2.36. The van der Waals surface area contributed by atoms with Crippen molar-refractivity contribution >= 4 is 5.91 Å². The molecule has 1 unspecified atom stereocenters. The molecule has 0 aromatic heterocycles. The van der Waals surface area contributed by atoms with Crippen LogP contribution in [0.3, 0.4) is 0 Å². The Morgan fingerprint density at radius 1 is 1.22 bits per heavy atom. The number of hydrogen-bond donors (Lipinski definition) is 1. The fraction of sp³-hybridized carbons (Fsp3) is 0.929. The lowest BCUT2D eigenvalue weighted by molar-refractivity contribution is -0.137. The predicted molar refractivity (Wildman–Crippen MR) is 75.3 cm³/mol. The molecule has 0 aromatic carbocycles. The third-order valence-corrected chi connectivity index (χ3v) is 3.61. The fourth-order valence-electron chi connectivity index (χ4n) is 2.63. The summed E-state index contributed by atoms with van der Waals surface area (Å²) in [5, 5.41) is 0. The number of piperazine rings is 1. The second kappa shape index (κ2) is 7.74. The summed E-state index contributed by atoms with van der Waals surface area (Å²) in [6.45, 7) is 11.9. The van der Waals surface area contributed by atoms with Gasteiger partial charge in [0.1, 0.15) is 0 Å². The molecule has 0 aliphatic carbocycles. The summed E-state index contributed by atoms with van der Waals surface area (Å²) in [7, 11) is 0. The lowest BCUT2D eigenvalue weighted by Gasteiger charge is -2.36. The van der Waals surface area contributed by atoms with E-state index in [0.29, 0.717) is 12.5 Å². The Labute approximate surface area is 111 Å². The molecule has 1 atom stereocenters. The Morgan fingerprint density at radius 3 is 2.28 bits per heavy atom. The van der Waals surface area contributed by atoms with Crippen molar-refractivity contribution in [2.45, 2.75) is 33.6 Å². The van der Waals surface area contributed by atoms with Gasteiger partial charge in [-0.15, -0.1) is 0 Å². The first-order chi connectivity index (χ1) is 8.58. The summed E-state index contributed by atoms with van der Waals surface area (Å²) in [5.74, 6) is 0.814. The summed E-state index contributed by atoms with van der Waals surface area (Å²) < 4.78 is 0. The van der Waals surface area contributed by atoms with Gasteiger partial charge in [0.25, 0.3) is 0 Å². The van der Waals surface area contributed by atoms with Gasteiger partial charge in [0, 0.05) is 32.7 Å². The first-order valence-corrected chi connectivity index (χ1v) is 7.29. The molecule has 1 fully saturated rings. The van der Waals surface area contributed by atoms with Gasteiger partial charge in [0.05, 0.1) is 5.92 Å². The van der Waals surface area contributed by atoms with Gasteiger partial charge in [-0.05, 0) is 25.3 Å². The molecular formula is C14H29N3O. The minimum absolute atomic E-state index is 0.0164. The van der Waals surface area contributed by atoms with Gasteiger partial charge >= 0.3 is 0 Å². The van der Waals surface area contributed by atoms with Gasteiger partial charge in [0.15, 0.2) is 0 Å². The summed E-state index contributed by atoms with van der Waals surface area (Å²) in [4.78, 5) is 16.8. The highest BCUT2D eigenvalue weighted by molar-refractivity contribution is 5.79. The van der Waals surface area contributed by atoms with Crippen LogP contribution in [0.2, 0.25) is 0 Å². The van der Waals surface area contributed by atoms with E-state index >= 15 is 0 Å². The van der Waals surface area contributed by atoms with Crippen molar-refractivity contribution in [2.75, 3.05) is 39.3 Å². The van der Waals surface area contributed by atoms with Crippen LogP contribution in [0, 0.1) is 11.8 Å². The topological polar surface area (TPSA) is 49.6 Å². The molecule has 4 nitrogen and oxygen atoms in total. The normalized spacial score (nSPS) is 19.3. The first kappa shape index (κ1) is 15.4. The van der Waals surface area contributed by atoms with E-state index in [1.807, 2.05) is 4.90 Å². The molecular weight excluding hydrogens is 226 g/mol. The highest BCUT2D eigenvalue weighted by Crippen LogP contribution is 2.15. The summed E-state index contributed by atoms with van der Waals surface area (Å²) in [5.41, 5.74) is 5.75. The van der Waals surface area contributed by atoms with Crippen LogP contribution in [0.1, 0.15) is 33.6 Å². The second-order valence-corrected chi connectivity index (χ2v) is 5.73. The van der Waals surface area contributed by atoms with Crippen molar-refractivity contribution in [3.8, 4) is 0 Å². The molecule has 4 heteroatoms. The number of nitrogens with two attached hydrogens (primary N) is 1. The molecule has 1 heterocycles. The van der Waals surface area contributed by atoms with E-state index in [0.717, 1.165) is 39.1 Å². The Balaban J connectivity index is 2.42. The highest BCUT2D eigenvalue weighted by Gasteiger charge is 2.26. The van der Waals surface area contributed by atoms with Crippen LogP contribution in [0.5, 0.6) is 0 Å². The maximum absolute atomic E-state index is 12.4. The van der Waals surface area contributed by atoms with Gasteiger partial charge in [-0.2, -0.15) is 0 Å². The fourth-order valence-corrected chi connectivity index (χ4v) is 2.63. The number of rotatable bonds is 6. The van der Waals surface area contributed by atoms with E-state index < -0.39 is 0 Å². The molecule has 1 amide bonds. The maximum atomic E-state index is 12.4. The summed E-state index contributed by atoms with van der Waals surface area (Å²) >= 11 is 0. The predicted octanol–water partition coefficient (Wildman–Crippen LogP) is 1.16. The minimum Gasteiger partial charge on any atom is -0.340 e. The van der Waals surface area contributed by atoms with Gasteiger partial charge in [0.2, 0.25) is 5.91 Å². The van der Waals surface area contributed by atoms with Gasteiger partial charge in [-0.3, -0.25) is 9.69 Å². The van der Waals surface area contributed by atoms with Gasteiger partial charge in [-0.25, -0.2) is 0 Å². The molecule has 0 spiro atoms.